The molecule has 0 unspecified atom stereocenters. The first-order chi connectivity index (χ1) is 9.76. The Morgan fingerprint density at radius 1 is 1.24 bits per heavy atom. The fraction of sp³-hybridized carbons (Fsp3) is 0.200. The van der Waals surface area contributed by atoms with Crippen LogP contribution in [-0.4, -0.2) is 16.7 Å². The molecule has 0 spiro atoms. The van der Waals surface area contributed by atoms with Gasteiger partial charge < -0.3 is 4.74 Å². The molecular formula is C15H15BrClNO2S. The molecule has 0 aliphatic rings. The monoisotopic (exact) mass is 387 g/mol. The van der Waals surface area contributed by atoms with E-state index in [4.69, 9.17) is 16.3 Å². The summed E-state index contributed by atoms with van der Waals surface area (Å²) in [7, 11) is -2.19. The number of rotatable bonds is 3. The van der Waals surface area contributed by atoms with Gasteiger partial charge >= 0.3 is 0 Å². The highest BCUT2D eigenvalue weighted by atomic mass is 79.9. The number of hydrogen-bond donors (Lipinski definition) is 0. The van der Waals surface area contributed by atoms with Crippen LogP contribution in [0.1, 0.15) is 5.56 Å². The summed E-state index contributed by atoms with van der Waals surface area (Å²) < 4.78 is 22.4. The number of halogens is 2. The fourth-order valence-corrected chi connectivity index (χ4v) is 3.07. The van der Waals surface area contributed by atoms with E-state index in [1.54, 1.807) is 36.8 Å². The normalized spacial score (nSPS) is 11.3. The van der Waals surface area contributed by atoms with E-state index in [0.717, 1.165) is 10.0 Å². The SMILES string of the molecule is Cc1cccc(Cl)c1Oc1ccc(N=S(C)(C)=O)cc1Br. The number of hydrogen-bond acceptors (Lipinski definition) is 3. The minimum Gasteiger partial charge on any atom is -0.454 e. The topological polar surface area (TPSA) is 38.7 Å². The third kappa shape index (κ3) is 4.46. The van der Waals surface area contributed by atoms with Crippen molar-refractivity contribution in [3.63, 3.8) is 0 Å². The molecule has 0 N–H and O–H groups in total. The van der Waals surface area contributed by atoms with E-state index in [9.17, 15) is 4.21 Å². The number of nitrogens with zero attached hydrogens (tertiary/aromatic N) is 1. The first-order valence-electron chi connectivity index (χ1n) is 6.16. The number of aryl methyl sites for hydroxylation is 1. The van der Waals surface area contributed by atoms with Crippen molar-refractivity contribution in [3.8, 4) is 11.5 Å². The Labute approximate surface area is 138 Å². The van der Waals surface area contributed by atoms with E-state index in [1.165, 1.54) is 0 Å². The molecule has 0 aliphatic heterocycles. The first kappa shape index (κ1) is 16.3. The van der Waals surface area contributed by atoms with Crippen LogP contribution in [-0.2, 0) is 9.73 Å². The first-order valence-corrected chi connectivity index (χ1v) is 9.66. The molecule has 0 amide bonds. The van der Waals surface area contributed by atoms with Gasteiger partial charge in [-0.3, -0.25) is 0 Å². The Balaban J connectivity index is 2.37. The van der Waals surface area contributed by atoms with Crippen LogP contribution in [0, 0.1) is 6.92 Å². The Morgan fingerprint density at radius 3 is 2.52 bits per heavy atom. The summed E-state index contributed by atoms with van der Waals surface area (Å²) in [6.45, 7) is 1.93. The van der Waals surface area contributed by atoms with E-state index in [0.29, 0.717) is 22.2 Å². The minimum atomic E-state index is -2.19. The lowest BCUT2D eigenvalue weighted by molar-refractivity contribution is 0.476. The van der Waals surface area contributed by atoms with Crippen LogP contribution in [0.15, 0.2) is 45.2 Å². The predicted octanol–water partition coefficient (Wildman–Crippen LogP) is 5.56. The average molecular weight is 389 g/mol. The van der Waals surface area contributed by atoms with Crippen molar-refractivity contribution in [2.24, 2.45) is 4.36 Å². The Hall–Kier alpha value is -1.04. The summed E-state index contributed by atoms with van der Waals surface area (Å²) in [4.78, 5) is 0. The van der Waals surface area contributed by atoms with Crippen LogP contribution in [0.3, 0.4) is 0 Å². The summed E-state index contributed by atoms with van der Waals surface area (Å²) in [6.07, 6.45) is 3.19. The van der Waals surface area contributed by atoms with Crippen molar-refractivity contribution in [2.75, 3.05) is 12.5 Å². The van der Waals surface area contributed by atoms with Crippen molar-refractivity contribution in [3.05, 3.63) is 51.5 Å². The van der Waals surface area contributed by atoms with Crippen molar-refractivity contribution >= 4 is 42.9 Å². The van der Waals surface area contributed by atoms with E-state index in [1.807, 2.05) is 19.1 Å². The van der Waals surface area contributed by atoms with Gasteiger partial charge in [-0.05, 0) is 52.7 Å². The number of ether oxygens (including phenoxy) is 1. The molecule has 0 heterocycles. The van der Waals surface area contributed by atoms with Crippen LogP contribution >= 0.6 is 27.5 Å². The van der Waals surface area contributed by atoms with Crippen LogP contribution in [0.4, 0.5) is 5.69 Å². The van der Waals surface area contributed by atoms with E-state index in [2.05, 4.69) is 20.3 Å². The third-order valence-corrected chi connectivity index (χ3v) is 4.18. The van der Waals surface area contributed by atoms with Crippen molar-refractivity contribution in [1.29, 1.82) is 0 Å². The smallest absolute Gasteiger partial charge is 0.148 e. The average Bonchev–Trinajstić information content (AvgIpc) is 2.34. The zero-order chi connectivity index (χ0) is 15.6. The molecule has 0 atom stereocenters. The van der Waals surface area contributed by atoms with Gasteiger partial charge in [0.25, 0.3) is 0 Å². The van der Waals surface area contributed by atoms with E-state index >= 15 is 0 Å². The molecule has 0 saturated heterocycles. The van der Waals surface area contributed by atoms with Crippen molar-refractivity contribution in [1.82, 2.24) is 0 Å². The molecule has 6 heteroatoms. The maximum absolute atomic E-state index is 11.7. The molecule has 0 saturated carbocycles. The standard InChI is InChI=1S/C15H15BrClNO2S/c1-10-5-4-6-13(17)15(10)20-14-8-7-11(9-12(14)16)18-21(2,3)19/h4-9H,1-3H3. The van der Waals surface area contributed by atoms with Gasteiger partial charge in [0, 0.05) is 22.2 Å². The second-order valence-corrected chi connectivity index (χ2v) is 8.68. The summed E-state index contributed by atoms with van der Waals surface area (Å²) >= 11 is 9.59. The highest BCUT2D eigenvalue weighted by Crippen LogP contribution is 2.37. The third-order valence-electron chi connectivity index (χ3n) is 2.62. The van der Waals surface area contributed by atoms with Gasteiger partial charge in [0.1, 0.15) is 11.5 Å². The summed E-state index contributed by atoms with van der Waals surface area (Å²) in [6, 6.07) is 10.9. The van der Waals surface area contributed by atoms with Gasteiger partial charge in [-0.25, -0.2) is 4.21 Å². The molecule has 0 bridgehead atoms. The van der Waals surface area contributed by atoms with Crippen molar-refractivity contribution in [2.45, 2.75) is 6.92 Å². The minimum absolute atomic E-state index is 0.556. The molecular weight excluding hydrogens is 374 g/mol. The summed E-state index contributed by atoms with van der Waals surface area (Å²) in [5, 5.41) is 0.556. The lowest BCUT2D eigenvalue weighted by Crippen LogP contribution is -1.91. The van der Waals surface area contributed by atoms with Crippen LogP contribution in [0.25, 0.3) is 0 Å². The van der Waals surface area contributed by atoms with Gasteiger partial charge in [0.2, 0.25) is 0 Å². The lowest BCUT2D eigenvalue weighted by Gasteiger charge is -2.12. The van der Waals surface area contributed by atoms with E-state index in [-0.39, 0.29) is 0 Å². The highest BCUT2D eigenvalue weighted by molar-refractivity contribution is 9.10. The fourth-order valence-electron chi connectivity index (χ4n) is 1.74. The van der Waals surface area contributed by atoms with Crippen LogP contribution in [0.5, 0.6) is 11.5 Å². The summed E-state index contributed by atoms with van der Waals surface area (Å²) in [5.41, 5.74) is 1.59. The molecule has 0 aromatic heterocycles. The largest absolute Gasteiger partial charge is 0.454 e. The van der Waals surface area contributed by atoms with E-state index < -0.39 is 9.73 Å². The zero-order valence-corrected chi connectivity index (χ0v) is 15.1. The van der Waals surface area contributed by atoms with Crippen molar-refractivity contribution < 1.29 is 8.95 Å². The van der Waals surface area contributed by atoms with Gasteiger partial charge in [-0.2, -0.15) is 4.36 Å². The molecule has 21 heavy (non-hydrogen) atoms. The molecule has 2 aromatic rings. The molecule has 3 nitrogen and oxygen atoms in total. The van der Waals surface area contributed by atoms with Gasteiger partial charge in [-0.1, -0.05) is 23.7 Å². The lowest BCUT2D eigenvalue weighted by atomic mass is 10.2. The molecule has 112 valence electrons. The Bertz CT molecular complexity index is 770. The maximum Gasteiger partial charge on any atom is 0.148 e. The molecule has 2 rings (SSSR count). The molecule has 2 aromatic carbocycles. The highest BCUT2D eigenvalue weighted by Gasteiger charge is 2.09. The Kier molecular flexibility index (Phi) is 4.96. The Morgan fingerprint density at radius 2 is 1.95 bits per heavy atom. The second kappa shape index (κ2) is 6.38. The van der Waals surface area contributed by atoms with Crippen LogP contribution in [0.2, 0.25) is 5.02 Å². The molecule has 0 aliphatic carbocycles. The number of para-hydroxylation sites is 1. The second-order valence-electron chi connectivity index (χ2n) is 4.88. The number of benzene rings is 2. The predicted molar refractivity (Wildman–Crippen MR) is 92.5 cm³/mol. The van der Waals surface area contributed by atoms with Crippen LogP contribution < -0.4 is 4.74 Å². The zero-order valence-electron chi connectivity index (χ0n) is 11.9. The maximum atomic E-state index is 11.7. The van der Waals surface area contributed by atoms with Gasteiger partial charge in [-0.15, -0.1) is 0 Å². The van der Waals surface area contributed by atoms with Gasteiger partial charge in [0.15, 0.2) is 0 Å². The van der Waals surface area contributed by atoms with Gasteiger partial charge in [0.05, 0.1) is 15.2 Å². The molecule has 0 fully saturated rings. The molecule has 0 radical (unpaired) electrons. The summed E-state index contributed by atoms with van der Waals surface area (Å²) in [5.74, 6) is 1.25. The quantitative estimate of drug-likeness (QED) is 0.690.